The Hall–Kier alpha value is -0.980. The monoisotopic (exact) mass is 247 g/mol. The van der Waals surface area contributed by atoms with E-state index in [-0.39, 0.29) is 0 Å². The molecule has 1 aromatic carbocycles. The third-order valence-corrected chi connectivity index (χ3v) is 3.75. The molecule has 0 aliphatic carbocycles. The largest absolute Gasteiger partial charge is 0.383 e. The SMILES string of the molecule is CCCCCC(C)Nc1ccc(C(C)CC)cc1. The lowest BCUT2D eigenvalue weighted by molar-refractivity contribution is 0.615. The summed E-state index contributed by atoms with van der Waals surface area (Å²) in [5.41, 5.74) is 2.70. The normalized spacial score (nSPS) is 14.2. The fraction of sp³-hybridized carbons (Fsp3) is 0.647. The maximum atomic E-state index is 3.58. The van der Waals surface area contributed by atoms with Crippen LogP contribution in [0.3, 0.4) is 0 Å². The number of benzene rings is 1. The molecule has 1 nitrogen and oxygen atoms in total. The average Bonchev–Trinajstić information content (AvgIpc) is 2.39. The lowest BCUT2D eigenvalue weighted by Crippen LogP contribution is -2.14. The van der Waals surface area contributed by atoms with Gasteiger partial charge in [-0.1, -0.05) is 52.2 Å². The number of rotatable bonds is 8. The minimum absolute atomic E-state index is 0.575. The first kappa shape index (κ1) is 15.1. The molecule has 2 unspecified atom stereocenters. The first-order valence-electron chi connectivity index (χ1n) is 7.53. The molecule has 0 aliphatic heterocycles. The van der Waals surface area contributed by atoms with Gasteiger partial charge in [-0.25, -0.2) is 0 Å². The van der Waals surface area contributed by atoms with E-state index in [1.165, 1.54) is 43.4 Å². The Balaban J connectivity index is 2.43. The minimum atomic E-state index is 0.575. The van der Waals surface area contributed by atoms with Crippen LogP contribution in [0.5, 0.6) is 0 Å². The van der Waals surface area contributed by atoms with E-state index in [0.717, 1.165) is 0 Å². The lowest BCUT2D eigenvalue weighted by atomic mass is 9.98. The van der Waals surface area contributed by atoms with Crippen LogP contribution >= 0.6 is 0 Å². The van der Waals surface area contributed by atoms with Gasteiger partial charge in [-0.3, -0.25) is 0 Å². The Morgan fingerprint density at radius 1 is 1.00 bits per heavy atom. The summed E-state index contributed by atoms with van der Waals surface area (Å²) in [6.45, 7) is 9.06. The van der Waals surface area contributed by atoms with Crippen molar-refractivity contribution in [2.24, 2.45) is 0 Å². The van der Waals surface area contributed by atoms with E-state index in [0.29, 0.717) is 12.0 Å². The number of anilines is 1. The summed E-state index contributed by atoms with van der Waals surface area (Å²) in [5.74, 6) is 0.668. The van der Waals surface area contributed by atoms with Crippen LogP contribution in [0.1, 0.15) is 71.3 Å². The second-order valence-electron chi connectivity index (χ2n) is 5.47. The van der Waals surface area contributed by atoms with E-state index in [1.54, 1.807) is 0 Å². The van der Waals surface area contributed by atoms with Gasteiger partial charge in [0.1, 0.15) is 0 Å². The molecule has 0 aromatic heterocycles. The predicted molar refractivity (Wildman–Crippen MR) is 82.4 cm³/mol. The van der Waals surface area contributed by atoms with Crippen LogP contribution in [0.15, 0.2) is 24.3 Å². The van der Waals surface area contributed by atoms with Crippen LogP contribution < -0.4 is 5.32 Å². The standard InChI is InChI=1S/C17H29N/c1-5-7-8-9-15(4)18-17-12-10-16(11-13-17)14(3)6-2/h10-15,18H,5-9H2,1-4H3. The van der Waals surface area contributed by atoms with Crippen LogP contribution in [0.4, 0.5) is 5.69 Å². The second-order valence-corrected chi connectivity index (χ2v) is 5.47. The molecule has 0 heterocycles. The van der Waals surface area contributed by atoms with Crippen molar-refractivity contribution in [2.45, 2.75) is 71.8 Å². The maximum Gasteiger partial charge on any atom is 0.0342 e. The zero-order valence-corrected chi connectivity index (χ0v) is 12.5. The molecular formula is C17H29N. The minimum Gasteiger partial charge on any atom is -0.383 e. The number of hydrogen-bond donors (Lipinski definition) is 1. The quantitative estimate of drug-likeness (QED) is 0.591. The second kappa shape index (κ2) is 8.18. The van der Waals surface area contributed by atoms with Crippen molar-refractivity contribution in [1.82, 2.24) is 0 Å². The van der Waals surface area contributed by atoms with E-state index < -0.39 is 0 Å². The van der Waals surface area contributed by atoms with Gasteiger partial charge in [0.2, 0.25) is 0 Å². The summed E-state index contributed by atoms with van der Waals surface area (Å²) in [6.07, 6.45) is 6.45. The molecule has 0 spiro atoms. The Morgan fingerprint density at radius 3 is 2.22 bits per heavy atom. The molecule has 0 saturated heterocycles. The summed E-state index contributed by atoms with van der Waals surface area (Å²) < 4.78 is 0. The fourth-order valence-electron chi connectivity index (χ4n) is 2.20. The van der Waals surface area contributed by atoms with Crippen LogP contribution in [0.2, 0.25) is 0 Å². The summed E-state index contributed by atoms with van der Waals surface area (Å²) >= 11 is 0. The third kappa shape index (κ3) is 5.12. The molecule has 0 fully saturated rings. The number of unbranched alkanes of at least 4 members (excludes halogenated alkanes) is 2. The van der Waals surface area contributed by atoms with Crippen molar-refractivity contribution >= 4 is 5.69 Å². The highest BCUT2D eigenvalue weighted by atomic mass is 14.9. The Bertz CT molecular complexity index is 315. The van der Waals surface area contributed by atoms with Crippen LogP contribution in [-0.4, -0.2) is 6.04 Å². The molecule has 102 valence electrons. The van der Waals surface area contributed by atoms with Gasteiger partial charge in [0.15, 0.2) is 0 Å². The first-order valence-corrected chi connectivity index (χ1v) is 7.53. The molecule has 1 rings (SSSR count). The number of nitrogens with one attached hydrogen (secondary N) is 1. The Morgan fingerprint density at radius 2 is 1.67 bits per heavy atom. The lowest BCUT2D eigenvalue weighted by Gasteiger charge is -2.16. The summed E-state index contributed by atoms with van der Waals surface area (Å²) in [5, 5.41) is 3.58. The molecule has 0 radical (unpaired) electrons. The van der Waals surface area contributed by atoms with Crippen LogP contribution in [-0.2, 0) is 0 Å². The van der Waals surface area contributed by atoms with Gasteiger partial charge in [0, 0.05) is 11.7 Å². The highest BCUT2D eigenvalue weighted by Gasteiger charge is 2.04. The van der Waals surface area contributed by atoms with Crippen molar-refractivity contribution in [3.8, 4) is 0 Å². The van der Waals surface area contributed by atoms with E-state index in [2.05, 4.69) is 57.3 Å². The molecule has 2 atom stereocenters. The molecule has 0 aliphatic rings. The summed E-state index contributed by atoms with van der Waals surface area (Å²) in [7, 11) is 0. The van der Waals surface area contributed by atoms with E-state index in [9.17, 15) is 0 Å². The van der Waals surface area contributed by atoms with Crippen molar-refractivity contribution in [1.29, 1.82) is 0 Å². The molecule has 18 heavy (non-hydrogen) atoms. The fourth-order valence-corrected chi connectivity index (χ4v) is 2.20. The zero-order valence-electron chi connectivity index (χ0n) is 12.5. The van der Waals surface area contributed by atoms with Gasteiger partial charge in [0.25, 0.3) is 0 Å². The first-order chi connectivity index (χ1) is 8.67. The van der Waals surface area contributed by atoms with Gasteiger partial charge < -0.3 is 5.32 Å². The highest BCUT2D eigenvalue weighted by molar-refractivity contribution is 5.45. The van der Waals surface area contributed by atoms with Crippen LogP contribution in [0.25, 0.3) is 0 Å². The molecule has 0 amide bonds. The van der Waals surface area contributed by atoms with E-state index >= 15 is 0 Å². The smallest absolute Gasteiger partial charge is 0.0342 e. The Kier molecular flexibility index (Phi) is 6.85. The number of hydrogen-bond acceptors (Lipinski definition) is 1. The van der Waals surface area contributed by atoms with Crippen molar-refractivity contribution in [3.05, 3.63) is 29.8 Å². The summed E-state index contributed by atoms with van der Waals surface area (Å²) in [6, 6.07) is 9.53. The van der Waals surface area contributed by atoms with Crippen molar-refractivity contribution < 1.29 is 0 Å². The average molecular weight is 247 g/mol. The molecule has 1 aromatic rings. The van der Waals surface area contributed by atoms with E-state index in [4.69, 9.17) is 0 Å². The predicted octanol–water partition coefficient (Wildman–Crippen LogP) is 5.58. The zero-order chi connectivity index (χ0) is 13.4. The molecular weight excluding hydrogens is 218 g/mol. The molecule has 0 bridgehead atoms. The van der Waals surface area contributed by atoms with Gasteiger partial charge in [0.05, 0.1) is 0 Å². The van der Waals surface area contributed by atoms with Gasteiger partial charge in [-0.05, 0) is 43.4 Å². The molecule has 1 N–H and O–H groups in total. The topological polar surface area (TPSA) is 12.0 Å². The van der Waals surface area contributed by atoms with Crippen LogP contribution in [0, 0.1) is 0 Å². The van der Waals surface area contributed by atoms with Gasteiger partial charge in [-0.2, -0.15) is 0 Å². The summed E-state index contributed by atoms with van der Waals surface area (Å²) in [4.78, 5) is 0. The van der Waals surface area contributed by atoms with Crippen molar-refractivity contribution in [2.75, 3.05) is 5.32 Å². The maximum absolute atomic E-state index is 3.58. The van der Waals surface area contributed by atoms with E-state index in [1.807, 2.05) is 0 Å². The molecule has 1 heteroatoms. The Labute approximate surface area is 113 Å². The molecule has 0 saturated carbocycles. The van der Waals surface area contributed by atoms with Crippen molar-refractivity contribution in [3.63, 3.8) is 0 Å². The highest BCUT2D eigenvalue weighted by Crippen LogP contribution is 2.21. The third-order valence-electron chi connectivity index (χ3n) is 3.75. The van der Waals surface area contributed by atoms with Gasteiger partial charge >= 0.3 is 0 Å². The van der Waals surface area contributed by atoms with Gasteiger partial charge in [-0.15, -0.1) is 0 Å².